The lowest BCUT2D eigenvalue weighted by Crippen LogP contribution is -2.30. The van der Waals surface area contributed by atoms with Gasteiger partial charge in [-0.1, -0.05) is 0 Å². The summed E-state index contributed by atoms with van der Waals surface area (Å²) in [4.78, 5) is 22.4. The van der Waals surface area contributed by atoms with Crippen LogP contribution in [0.25, 0.3) is 0 Å². The SMILES string of the molecule is COC(=O)C1CCSC1C(=O)OC. The standard InChI is InChI=1S/C8H12O4S/c1-11-7(9)5-3-4-13-6(5)8(10)12-2/h5-6H,3-4H2,1-2H3. The first-order valence-corrected chi connectivity index (χ1v) is 5.03. The lowest BCUT2D eigenvalue weighted by Gasteiger charge is -2.13. The van der Waals surface area contributed by atoms with Gasteiger partial charge in [0.25, 0.3) is 0 Å². The van der Waals surface area contributed by atoms with Gasteiger partial charge in [0.05, 0.1) is 20.1 Å². The predicted octanol–water partition coefficient (Wildman–Crippen LogP) is 0.454. The lowest BCUT2D eigenvalue weighted by atomic mass is 10.0. The van der Waals surface area contributed by atoms with E-state index < -0.39 is 0 Å². The molecule has 1 heterocycles. The van der Waals surface area contributed by atoms with Gasteiger partial charge in [0.2, 0.25) is 0 Å². The normalized spacial score (nSPS) is 26.9. The van der Waals surface area contributed by atoms with Gasteiger partial charge in [-0.3, -0.25) is 9.59 Å². The second kappa shape index (κ2) is 4.50. The Hall–Kier alpha value is -0.710. The maximum atomic E-state index is 11.2. The molecule has 0 spiro atoms. The first kappa shape index (κ1) is 10.4. The molecule has 0 aromatic heterocycles. The Balaban J connectivity index is 2.63. The molecule has 1 fully saturated rings. The van der Waals surface area contributed by atoms with Crippen LogP contribution in [-0.2, 0) is 19.1 Å². The fourth-order valence-corrected chi connectivity index (χ4v) is 2.69. The number of ether oxygens (including phenoxy) is 2. The topological polar surface area (TPSA) is 52.6 Å². The van der Waals surface area contributed by atoms with Gasteiger partial charge in [-0.25, -0.2) is 0 Å². The minimum atomic E-state index is -0.377. The monoisotopic (exact) mass is 204 g/mol. The average Bonchev–Trinajstić information content (AvgIpc) is 2.63. The molecule has 74 valence electrons. The molecule has 0 N–H and O–H groups in total. The van der Waals surface area contributed by atoms with E-state index in [2.05, 4.69) is 9.47 Å². The molecule has 2 atom stereocenters. The highest BCUT2D eigenvalue weighted by molar-refractivity contribution is 8.00. The number of esters is 2. The van der Waals surface area contributed by atoms with Gasteiger partial charge in [0, 0.05) is 0 Å². The van der Waals surface area contributed by atoms with Crippen LogP contribution in [0.1, 0.15) is 6.42 Å². The Morgan fingerprint density at radius 2 is 1.85 bits per heavy atom. The van der Waals surface area contributed by atoms with Crippen molar-refractivity contribution < 1.29 is 19.1 Å². The molecule has 4 nitrogen and oxygen atoms in total. The van der Waals surface area contributed by atoms with E-state index in [-0.39, 0.29) is 23.1 Å². The maximum absolute atomic E-state index is 11.2. The largest absolute Gasteiger partial charge is 0.469 e. The third kappa shape index (κ3) is 2.15. The quantitative estimate of drug-likeness (QED) is 0.611. The first-order chi connectivity index (χ1) is 6.20. The van der Waals surface area contributed by atoms with Crippen LogP contribution < -0.4 is 0 Å². The Kier molecular flexibility index (Phi) is 3.59. The summed E-state index contributed by atoms with van der Waals surface area (Å²) < 4.78 is 9.19. The molecule has 0 amide bonds. The molecule has 5 heteroatoms. The van der Waals surface area contributed by atoms with E-state index in [0.29, 0.717) is 6.42 Å². The minimum absolute atomic E-state index is 0.319. The molecule has 1 rings (SSSR count). The molecule has 0 bridgehead atoms. The highest BCUT2D eigenvalue weighted by Gasteiger charge is 2.39. The van der Waals surface area contributed by atoms with Crippen LogP contribution in [0.3, 0.4) is 0 Å². The van der Waals surface area contributed by atoms with Crippen molar-refractivity contribution >= 4 is 23.7 Å². The van der Waals surface area contributed by atoms with Gasteiger partial charge in [-0.2, -0.15) is 0 Å². The van der Waals surface area contributed by atoms with Crippen LogP contribution in [0.2, 0.25) is 0 Å². The zero-order valence-corrected chi connectivity index (χ0v) is 8.43. The van der Waals surface area contributed by atoms with Crippen molar-refractivity contribution in [2.24, 2.45) is 5.92 Å². The van der Waals surface area contributed by atoms with Crippen molar-refractivity contribution in [1.29, 1.82) is 0 Å². The van der Waals surface area contributed by atoms with Crippen molar-refractivity contribution in [3.8, 4) is 0 Å². The van der Waals surface area contributed by atoms with E-state index >= 15 is 0 Å². The molecule has 0 aliphatic carbocycles. The Bertz CT molecular complexity index is 194. The maximum Gasteiger partial charge on any atom is 0.319 e. The third-order valence-electron chi connectivity index (χ3n) is 2.03. The average molecular weight is 204 g/mol. The third-order valence-corrected chi connectivity index (χ3v) is 3.38. The molecular weight excluding hydrogens is 192 g/mol. The van der Waals surface area contributed by atoms with E-state index in [0.717, 1.165) is 5.75 Å². The van der Waals surface area contributed by atoms with Crippen LogP contribution in [0.15, 0.2) is 0 Å². The lowest BCUT2D eigenvalue weighted by molar-refractivity contribution is -0.150. The van der Waals surface area contributed by atoms with Gasteiger partial charge in [-0.15, -0.1) is 11.8 Å². The molecule has 0 aromatic carbocycles. The number of rotatable bonds is 2. The van der Waals surface area contributed by atoms with Gasteiger partial charge in [-0.05, 0) is 12.2 Å². The molecule has 1 aliphatic heterocycles. The smallest absolute Gasteiger partial charge is 0.319 e. The van der Waals surface area contributed by atoms with Gasteiger partial charge in [0.1, 0.15) is 5.25 Å². The van der Waals surface area contributed by atoms with Crippen LogP contribution in [-0.4, -0.2) is 37.2 Å². The number of carbonyl (C=O) groups excluding carboxylic acids is 2. The molecule has 0 aromatic rings. The zero-order chi connectivity index (χ0) is 9.84. The Labute approximate surface area is 81.0 Å². The van der Waals surface area contributed by atoms with E-state index in [1.165, 1.54) is 26.0 Å². The number of hydrogen-bond donors (Lipinski definition) is 0. The summed E-state index contributed by atoms with van der Waals surface area (Å²) in [7, 11) is 2.66. The van der Waals surface area contributed by atoms with Crippen molar-refractivity contribution in [2.75, 3.05) is 20.0 Å². The molecule has 1 aliphatic rings. The van der Waals surface area contributed by atoms with Crippen LogP contribution >= 0.6 is 11.8 Å². The van der Waals surface area contributed by atoms with E-state index in [4.69, 9.17) is 0 Å². The fraction of sp³-hybridized carbons (Fsp3) is 0.750. The summed E-state index contributed by atoms with van der Waals surface area (Å²) in [6.45, 7) is 0. The molecule has 2 unspecified atom stereocenters. The second-order valence-corrected chi connectivity index (χ2v) is 3.98. The van der Waals surface area contributed by atoms with Crippen molar-refractivity contribution in [1.82, 2.24) is 0 Å². The fourth-order valence-electron chi connectivity index (χ4n) is 1.33. The highest BCUT2D eigenvalue weighted by Crippen LogP contribution is 2.33. The van der Waals surface area contributed by atoms with E-state index in [1.807, 2.05) is 0 Å². The predicted molar refractivity (Wildman–Crippen MR) is 48.4 cm³/mol. The number of hydrogen-bond acceptors (Lipinski definition) is 5. The summed E-state index contributed by atoms with van der Waals surface area (Å²) in [5.74, 6) is -0.180. The molecular formula is C8H12O4S. The van der Waals surface area contributed by atoms with Crippen molar-refractivity contribution in [3.63, 3.8) is 0 Å². The van der Waals surface area contributed by atoms with Crippen LogP contribution in [0.4, 0.5) is 0 Å². The summed E-state index contributed by atoms with van der Waals surface area (Å²) in [5.41, 5.74) is 0. The van der Waals surface area contributed by atoms with Crippen molar-refractivity contribution in [3.05, 3.63) is 0 Å². The zero-order valence-electron chi connectivity index (χ0n) is 7.61. The van der Waals surface area contributed by atoms with Crippen molar-refractivity contribution in [2.45, 2.75) is 11.7 Å². The van der Waals surface area contributed by atoms with Gasteiger partial charge >= 0.3 is 11.9 Å². The minimum Gasteiger partial charge on any atom is -0.469 e. The Morgan fingerprint density at radius 1 is 1.23 bits per heavy atom. The summed E-state index contributed by atoms with van der Waals surface area (Å²) >= 11 is 1.45. The summed E-state index contributed by atoms with van der Waals surface area (Å²) in [6, 6.07) is 0. The van der Waals surface area contributed by atoms with Gasteiger partial charge in [0.15, 0.2) is 0 Å². The highest BCUT2D eigenvalue weighted by atomic mass is 32.2. The second-order valence-electron chi connectivity index (χ2n) is 2.73. The number of carbonyl (C=O) groups is 2. The molecule has 1 saturated heterocycles. The summed E-state index contributed by atoms with van der Waals surface area (Å²) in [6.07, 6.45) is 0.692. The molecule has 0 radical (unpaired) electrons. The first-order valence-electron chi connectivity index (χ1n) is 3.98. The number of methoxy groups -OCH3 is 2. The molecule has 13 heavy (non-hydrogen) atoms. The van der Waals surface area contributed by atoms with E-state index in [9.17, 15) is 9.59 Å². The van der Waals surface area contributed by atoms with E-state index in [1.54, 1.807) is 0 Å². The molecule has 0 saturated carbocycles. The van der Waals surface area contributed by atoms with Gasteiger partial charge < -0.3 is 9.47 Å². The van der Waals surface area contributed by atoms with Crippen LogP contribution in [0, 0.1) is 5.92 Å². The number of thioether (sulfide) groups is 1. The summed E-state index contributed by atoms with van der Waals surface area (Å²) in [5, 5.41) is -0.377. The Morgan fingerprint density at radius 3 is 2.38 bits per heavy atom. The van der Waals surface area contributed by atoms with Crippen LogP contribution in [0.5, 0.6) is 0 Å².